The molecular formula is C13H23ClN4O2. The van der Waals surface area contributed by atoms with Crippen LogP contribution in [0.2, 0.25) is 5.02 Å². The van der Waals surface area contributed by atoms with Crippen molar-refractivity contribution in [2.45, 2.75) is 38.5 Å². The minimum Gasteiger partial charge on any atom is -0.383 e. The van der Waals surface area contributed by atoms with Crippen molar-refractivity contribution < 1.29 is 9.47 Å². The summed E-state index contributed by atoms with van der Waals surface area (Å²) in [6.07, 6.45) is 3.80. The standard InChI is InChI=1S/C13H23ClN4O2/c1-3-11-9(4-6-20-11)12(17-15)13-10(14)8-16-18(13)5-7-19-2/h8-9,11-12,17H,3-7,15H2,1-2H3. The minimum atomic E-state index is -0.0608. The van der Waals surface area contributed by atoms with Gasteiger partial charge in [0.2, 0.25) is 0 Å². The molecule has 3 atom stereocenters. The van der Waals surface area contributed by atoms with Gasteiger partial charge in [0, 0.05) is 19.6 Å². The predicted octanol–water partition coefficient (Wildman–Crippen LogP) is 1.50. The maximum atomic E-state index is 6.31. The van der Waals surface area contributed by atoms with Crippen LogP contribution in [0.25, 0.3) is 0 Å². The summed E-state index contributed by atoms with van der Waals surface area (Å²) in [5, 5.41) is 4.94. The molecule has 0 saturated carbocycles. The van der Waals surface area contributed by atoms with Crippen LogP contribution in [0.1, 0.15) is 31.5 Å². The van der Waals surface area contributed by atoms with E-state index in [1.54, 1.807) is 13.3 Å². The summed E-state index contributed by atoms with van der Waals surface area (Å²) in [4.78, 5) is 0. The first-order valence-electron chi connectivity index (χ1n) is 7.00. The van der Waals surface area contributed by atoms with Crippen molar-refractivity contribution in [2.24, 2.45) is 11.8 Å². The number of methoxy groups -OCH3 is 1. The van der Waals surface area contributed by atoms with Crippen LogP contribution in [0.4, 0.5) is 0 Å². The van der Waals surface area contributed by atoms with E-state index in [9.17, 15) is 0 Å². The Balaban J connectivity index is 2.24. The zero-order chi connectivity index (χ0) is 14.5. The molecule has 1 saturated heterocycles. The maximum absolute atomic E-state index is 6.31. The number of hydrogen-bond donors (Lipinski definition) is 2. The number of hydrazine groups is 1. The molecule has 20 heavy (non-hydrogen) atoms. The lowest BCUT2D eigenvalue weighted by molar-refractivity contribution is 0.0761. The number of halogens is 1. The molecule has 6 nitrogen and oxygen atoms in total. The Hall–Kier alpha value is -0.660. The number of aromatic nitrogens is 2. The van der Waals surface area contributed by atoms with Gasteiger partial charge in [0.25, 0.3) is 0 Å². The fraction of sp³-hybridized carbons (Fsp3) is 0.769. The normalized spacial score (nSPS) is 24.2. The molecule has 0 amide bonds. The van der Waals surface area contributed by atoms with Crippen molar-refractivity contribution in [2.75, 3.05) is 20.3 Å². The van der Waals surface area contributed by atoms with Crippen molar-refractivity contribution in [1.29, 1.82) is 0 Å². The average Bonchev–Trinajstić information content (AvgIpc) is 3.06. The molecular weight excluding hydrogens is 280 g/mol. The summed E-state index contributed by atoms with van der Waals surface area (Å²) in [6, 6.07) is -0.0608. The van der Waals surface area contributed by atoms with Crippen LogP contribution in [0.3, 0.4) is 0 Å². The number of ether oxygens (including phenoxy) is 2. The Morgan fingerprint density at radius 2 is 2.50 bits per heavy atom. The molecule has 3 N–H and O–H groups in total. The molecule has 0 spiro atoms. The summed E-state index contributed by atoms with van der Waals surface area (Å²) in [5.41, 5.74) is 3.82. The van der Waals surface area contributed by atoms with Gasteiger partial charge < -0.3 is 9.47 Å². The van der Waals surface area contributed by atoms with E-state index in [2.05, 4.69) is 17.4 Å². The summed E-state index contributed by atoms with van der Waals surface area (Å²) in [7, 11) is 1.67. The highest BCUT2D eigenvalue weighted by atomic mass is 35.5. The van der Waals surface area contributed by atoms with Crippen LogP contribution in [0.5, 0.6) is 0 Å². The van der Waals surface area contributed by atoms with Gasteiger partial charge in [0.05, 0.1) is 42.2 Å². The van der Waals surface area contributed by atoms with Gasteiger partial charge in [0.15, 0.2) is 0 Å². The Bertz CT molecular complexity index is 427. The van der Waals surface area contributed by atoms with E-state index in [0.29, 0.717) is 24.1 Å². The van der Waals surface area contributed by atoms with Gasteiger partial charge >= 0.3 is 0 Å². The Labute approximate surface area is 124 Å². The van der Waals surface area contributed by atoms with Gasteiger partial charge in [-0.15, -0.1) is 0 Å². The quantitative estimate of drug-likeness (QED) is 0.590. The van der Waals surface area contributed by atoms with Crippen LogP contribution in [0.15, 0.2) is 6.20 Å². The molecule has 0 aliphatic carbocycles. The molecule has 0 aromatic carbocycles. The van der Waals surface area contributed by atoms with Crippen LogP contribution in [0, 0.1) is 5.92 Å². The van der Waals surface area contributed by atoms with Crippen LogP contribution in [-0.2, 0) is 16.0 Å². The number of nitrogens with zero attached hydrogens (tertiary/aromatic N) is 2. The molecule has 2 heterocycles. The first-order chi connectivity index (χ1) is 9.72. The van der Waals surface area contributed by atoms with E-state index in [1.807, 2.05) is 4.68 Å². The molecule has 1 aromatic heterocycles. The van der Waals surface area contributed by atoms with Crippen LogP contribution < -0.4 is 11.3 Å². The summed E-state index contributed by atoms with van der Waals surface area (Å²) in [6.45, 7) is 4.13. The van der Waals surface area contributed by atoms with Crippen molar-refractivity contribution in [3.63, 3.8) is 0 Å². The molecule has 114 valence electrons. The number of hydrogen-bond acceptors (Lipinski definition) is 5. The number of nitrogens with two attached hydrogens (primary N) is 1. The zero-order valence-electron chi connectivity index (χ0n) is 12.0. The third-order valence-electron chi connectivity index (χ3n) is 3.91. The highest BCUT2D eigenvalue weighted by Gasteiger charge is 2.36. The van der Waals surface area contributed by atoms with E-state index in [4.69, 9.17) is 26.9 Å². The van der Waals surface area contributed by atoms with Gasteiger partial charge in [0.1, 0.15) is 0 Å². The lowest BCUT2D eigenvalue weighted by atomic mass is 9.89. The van der Waals surface area contributed by atoms with Gasteiger partial charge in [-0.05, 0) is 12.8 Å². The molecule has 0 bridgehead atoms. The van der Waals surface area contributed by atoms with Crippen molar-refractivity contribution in [3.8, 4) is 0 Å². The topological polar surface area (TPSA) is 74.3 Å². The van der Waals surface area contributed by atoms with Crippen LogP contribution >= 0.6 is 11.6 Å². The average molecular weight is 303 g/mol. The summed E-state index contributed by atoms with van der Waals surface area (Å²) < 4.78 is 12.7. The van der Waals surface area contributed by atoms with Gasteiger partial charge in [-0.3, -0.25) is 16.0 Å². The number of nitrogens with one attached hydrogen (secondary N) is 1. The third-order valence-corrected chi connectivity index (χ3v) is 4.20. The largest absolute Gasteiger partial charge is 0.383 e. The van der Waals surface area contributed by atoms with Crippen molar-refractivity contribution in [3.05, 3.63) is 16.9 Å². The second-order valence-corrected chi connectivity index (χ2v) is 5.42. The predicted molar refractivity (Wildman–Crippen MR) is 77.3 cm³/mol. The monoisotopic (exact) mass is 302 g/mol. The molecule has 1 aliphatic rings. The van der Waals surface area contributed by atoms with E-state index in [0.717, 1.165) is 25.1 Å². The van der Waals surface area contributed by atoms with Gasteiger partial charge in [-0.25, -0.2) is 0 Å². The fourth-order valence-corrected chi connectivity index (χ4v) is 3.17. The fourth-order valence-electron chi connectivity index (χ4n) is 2.91. The molecule has 1 aliphatic heterocycles. The van der Waals surface area contributed by atoms with E-state index < -0.39 is 0 Å². The maximum Gasteiger partial charge on any atom is 0.0834 e. The summed E-state index contributed by atoms with van der Waals surface area (Å²) >= 11 is 6.31. The summed E-state index contributed by atoms with van der Waals surface area (Å²) in [5.74, 6) is 6.10. The Kier molecular flexibility index (Phi) is 5.80. The lowest BCUT2D eigenvalue weighted by Crippen LogP contribution is -2.38. The van der Waals surface area contributed by atoms with Gasteiger partial charge in [-0.2, -0.15) is 5.10 Å². The lowest BCUT2D eigenvalue weighted by Gasteiger charge is -2.27. The van der Waals surface area contributed by atoms with Gasteiger partial charge in [-0.1, -0.05) is 18.5 Å². The molecule has 7 heteroatoms. The smallest absolute Gasteiger partial charge is 0.0834 e. The molecule has 2 rings (SSSR count). The van der Waals surface area contributed by atoms with Crippen molar-refractivity contribution in [1.82, 2.24) is 15.2 Å². The van der Waals surface area contributed by atoms with E-state index in [1.165, 1.54) is 0 Å². The van der Waals surface area contributed by atoms with Crippen LogP contribution in [-0.4, -0.2) is 36.2 Å². The molecule has 0 radical (unpaired) electrons. The second kappa shape index (κ2) is 7.38. The first kappa shape index (κ1) is 15.7. The third kappa shape index (κ3) is 3.15. The second-order valence-electron chi connectivity index (χ2n) is 5.01. The Morgan fingerprint density at radius 3 is 3.15 bits per heavy atom. The SMILES string of the molecule is CCC1OCCC1C(NN)c1c(Cl)cnn1CCOC. The molecule has 3 unspecified atom stereocenters. The molecule has 1 aromatic rings. The van der Waals surface area contributed by atoms with E-state index >= 15 is 0 Å². The number of rotatable bonds is 7. The van der Waals surface area contributed by atoms with E-state index in [-0.39, 0.29) is 12.1 Å². The first-order valence-corrected chi connectivity index (χ1v) is 7.38. The minimum absolute atomic E-state index is 0.0608. The highest BCUT2D eigenvalue weighted by Crippen LogP contribution is 2.36. The Morgan fingerprint density at radius 1 is 1.70 bits per heavy atom. The molecule has 1 fully saturated rings. The van der Waals surface area contributed by atoms with Crippen molar-refractivity contribution >= 4 is 11.6 Å². The highest BCUT2D eigenvalue weighted by molar-refractivity contribution is 6.31. The zero-order valence-corrected chi connectivity index (χ0v) is 12.8.